The minimum absolute atomic E-state index is 0.0519. The molecule has 0 atom stereocenters. The zero-order valence-electron chi connectivity index (χ0n) is 16.6. The number of nitrogens with one attached hydrogen (secondary N) is 1. The Kier molecular flexibility index (Phi) is 5.55. The molecule has 0 aliphatic rings. The first-order valence-corrected chi connectivity index (χ1v) is 8.98. The molecule has 0 saturated heterocycles. The van der Waals surface area contributed by atoms with Crippen LogP contribution >= 0.6 is 0 Å². The normalized spacial score (nSPS) is 11.2. The van der Waals surface area contributed by atoms with Crippen LogP contribution in [0.25, 0.3) is 11.3 Å². The van der Waals surface area contributed by atoms with Gasteiger partial charge in [0.05, 0.1) is 11.9 Å². The van der Waals surface area contributed by atoms with Crippen LogP contribution in [0.5, 0.6) is 0 Å². The number of carbonyl (C=O) groups excluding carboxylic acids is 2. The molecule has 156 valence electrons. The highest BCUT2D eigenvalue weighted by Gasteiger charge is 2.23. The lowest BCUT2D eigenvalue weighted by atomic mass is 10.1. The maximum absolute atomic E-state index is 13.4. The quantitative estimate of drug-likeness (QED) is 0.660. The van der Waals surface area contributed by atoms with Crippen LogP contribution in [0.3, 0.4) is 0 Å². The maximum Gasteiger partial charge on any atom is 0.421 e. The van der Waals surface area contributed by atoms with E-state index in [-0.39, 0.29) is 11.5 Å². The van der Waals surface area contributed by atoms with Crippen molar-refractivity contribution in [2.75, 3.05) is 11.1 Å². The largest absolute Gasteiger partial charge is 0.443 e. The topological polar surface area (TPSA) is 99.2 Å². The lowest BCUT2D eigenvalue weighted by Crippen LogP contribution is -2.28. The number of carbonyl (C=O) groups is 2. The van der Waals surface area contributed by atoms with Crippen molar-refractivity contribution >= 4 is 23.6 Å². The smallest absolute Gasteiger partial charge is 0.421 e. The average Bonchev–Trinajstić information content (AvgIpc) is 3.01. The van der Waals surface area contributed by atoms with Gasteiger partial charge in [-0.05, 0) is 45.0 Å². The van der Waals surface area contributed by atoms with Gasteiger partial charge in [0.25, 0.3) is 5.91 Å². The Labute approximate surface area is 171 Å². The molecular formula is C21H20F2N4O3. The molecule has 0 aliphatic heterocycles. The highest BCUT2D eigenvalue weighted by Crippen LogP contribution is 2.26. The third-order valence-corrected chi connectivity index (χ3v) is 3.91. The minimum Gasteiger partial charge on any atom is -0.443 e. The summed E-state index contributed by atoms with van der Waals surface area (Å²) in [6.07, 6.45) is 0.708. The van der Waals surface area contributed by atoms with Crippen LogP contribution in [0.4, 0.5) is 25.2 Å². The van der Waals surface area contributed by atoms with Crippen molar-refractivity contribution in [3.8, 4) is 11.3 Å². The summed E-state index contributed by atoms with van der Waals surface area (Å²) in [4.78, 5) is 28.8. The number of imidazole rings is 1. The summed E-state index contributed by atoms with van der Waals surface area (Å²) in [7, 11) is 0. The Bertz CT molecular complexity index is 1100. The zero-order chi connectivity index (χ0) is 22.1. The van der Waals surface area contributed by atoms with Crippen molar-refractivity contribution in [2.24, 2.45) is 0 Å². The molecule has 1 aromatic heterocycles. The highest BCUT2D eigenvalue weighted by molar-refractivity contribution is 6.04. The Morgan fingerprint density at radius 1 is 1.10 bits per heavy atom. The van der Waals surface area contributed by atoms with Crippen molar-refractivity contribution in [3.05, 3.63) is 65.9 Å². The van der Waals surface area contributed by atoms with Crippen LogP contribution in [0.1, 0.15) is 31.1 Å². The number of hydrogen-bond donors (Lipinski definition) is 2. The minimum atomic E-state index is -0.856. The van der Waals surface area contributed by atoms with E-state index in [2.05, 4.69) is 10.3 Å². The molecule has 0 aliphatic carbocycles. The van der Waals surface area contributed by atoms with E-state index in [0.29, 0.717) is 23.0 Å². The lowest BCUT2D eigenvalue weighted by molar-refractivity contribution is 0.0543. The molecule has 0 spiro atoms. The van der Waals surface area contributed by atoms with E-state index in [9.17, 15) is 18.4 Å². The predicted octanol–water partition coefficient (Wildman–Crippen LogP) is 4.45. The number of benzene rings is 2. The number of nitrogens with two attached hydrogens (primary N) is 1. The Morgan fingerprint density at radius 3 is 2.40 bits per heavy atom. The fourth-order valence-corrected chi connectivity index (χ4v) is 2.71. The molecule has 3 N–H and O–H groups in total. The number of ether oxygens (including phenoxy) is 1. The molecular weight excluding hydrogens is 394 g/mol. The molecule has 0 radical (unpaired) electrons. The van der Waals surface area contributed by atoms with E-state index in [1.54, 1.807) is 45.0 Å². The van der Waals surface area contributed by atoms with Crippen LogP contribution < -0.4 is 11.1 Å². The highest BCUT2D eigenvalue weighted by atomic mass is 19.1. The van der Waals surface area contributed by atoms with Crippen molar-refractivity contribution < 1.29 is 23.1 Å². The average molecular weight is 414 g/mol. The number of anilines is 2. The lowest BCUT2D eigenvalue weighted by Gasteiger charge is -2.20. The van der Waals surface area contributed by atoms with Gasteiger partial charge in [0.2, 0.25) is 5.95 Å². The maximum atomic E-state index is 13.4. The predicted molar refractivity (Wildman–Crippen MR) is 108 cm³/mol. The third-order valence-electron chi connectivity index (χ3n) is 3.91. The van der Waals surface area contributed by atoms with Gasteiger partial charge in [-0.1, -0.05) is 12.1 Å². The number of rotatable bonds is 3. The summed E-state index contributed by atoms with van der Waals surface area (Å²) in [5.74, 6) is -2.45. The van der Waals surface area contributed by atoms with E-state index in [1.165, 1.54) is 6.20 Å². The van der Waals surface area contributed by atoms with E-state index in [1.807, 2.05) is 0 Å². The molecule has 0 unspecified atom stereocenters. The Balaban J connectivity index is 1.89. The third kappa shape index (κ3) is 4.80. The molecule has 1 amide bonds. The van der Waals surface area contributed by atoms with Gasteiger partial charge in [0.15, 0.2) is 0 Å². The second-order valence-corrected chi connectivity index (χ2v) is 7.51. The van der Waals surface area contributed by atoms with Gasteiger partial charge < -0.3 is 15.8 Å². The fourth-order valence-electron chi connectivity index (χ4n) is 2.71. The summed E-state index contributed by atoms with van der Waals surface area (Å²) in [5, 5.41) is 2.57. The van der Waals surface area contributed by atoms with E-state index >= 15 is 0 Å². The van der Waals surface area contributed by atoms with Crippen LogP contribution in [0.15, 0.2) is 48.7 Å². The monoisotopic (exact) mass is 414 g/mol. The molecule has 30 heavy (non-hydrogen) atoms. The van der Waals surface area contributed by atoms with Crippen LogP contribution in [-0.2, 0) is 4.74 Å². The SMILES string of the molecule is CC(C)(C)OC(=O)n1c(-c2cccc(NC(=O)c3cc(F)cc(F)c3)c2)cnc1N. The molecule has 1 heterocycles. The number of nitrogen functional groups attached to an aromatic ring is 1. The molecule has 2 aromatic carbocycles. The standard InChI is InChI=1S/C21H20F2N4O3/c1-21(2,3)30-20(29)27-17(11-25-19(27)24)12-5-4-6-16(9-12)26-18(28)13-7-14(22)10-15(23)8-13/h4-11H,1-3H3,(H2,24,25)(H,26,28). The molecule has 3 rings (SSSR count). The van der Waals surface area contributed by atoms with Crippen LogP contribution in [-0.4, -0.2) is 27.2 Å². The number of nitrogens with zero attached hydrogens (tertiary/aromatic N) is 2. The Morgan fingerprint density at radius 2 is 1.77 bits per heavy atom. The summed E-state index contributed by atoms with van der Waals surface area (Å²) in [6, 6.07) is 9.04. The van der Waals surface area contributed by atoms with Gasteiger partial charge in [-0.25, -0.2) is 23.1 Å². The van der Waals surface area contributed by atoms with Crippen molar-refractivity contribution in [3.63, 3.8) is 0 Å². The zero-order valence-corrected chi connectivity index (χ0v) is 16.6. The van der Waals surface area contributed by atoms with Crippen LogP contribution in [0.2, 0.25) is 0 Å². The number of aromatic nitrogens is 2. The molecule has 0 fully saturated rings. The van der Waals surface area contributed by atoms with E-state index in [4.69, 9.17) is 10.5 Å². The van der Waals surface area contributed by atoms with E-state index in [0.717, 1.165) is 16.7 Å². The first kappa shape index (κ1) is 21.0. The second-order valence-electron chi connectivity index (χ2n) is 7.51. The van der Waals surface area contributed by atoms with E-state index < -0.39 is 29.2 Å². The fraction of sp³-hybridized carbons (Fsp3) is 0.190. The summed E-state index contributed by atoms with van der Waals surface area (Å²) >= 11 is 0. The molecule has 3 aromatic rings. The van der Waals surface area contributed by atoms with Crippen molar-refractivity contribution in [1.29, 1.82) is 0 Å². The summed E-state index contributed by atoms with van der Waals surface area (Å²) in [6.45, 7) is 5.18. The van der Waals surface area contributed by atoms with Gasteiger partial charge in [-0.3, -0.25) is 4.79 Å². The number of halogens is 2. The van der Waals surface area contributed by atoms with Crippen LogP contribution in [0, 0.1) is 11.6 Å². The first-order valence-electron chi connectivity index (χ1n) is 8.98. The van der Waals surface area contributed by atoms with Crippen molar-refractivity contribution in [2.45, 2.75) is 26.4 Å². The Hall–Kier alpha value is -3.75. The molecule has 9 heteroatoms. The van der Waals surface area contributed by atoms with Gasteiger partial charge in [0, 0.05) is 22.9 Å². The number of amides is 1. The summed E-state index contributed by atoms with van der Waals surface area (Å²) in [5.41, 5.74) is 6.15. The van der Waals surface area contributed by atoms with Gasteiger partial charge in [-0.2, -0.15) is 0 Å². The summed E-state index contributed by atoms with van der Waals surface area (Å²) < 4.78 is 33.2. The van der Waals surface area contributed by atoms with Crippen molar-refractivity contribution in [1.82, 2.24) is 9.55 Å². The van der Waals surface area contributed by atoms with Gasteiger partial charge in [-0.15, -0.1) is 0 Å². The number of hydrogen-bond acceptors (Lipinski definition) is 5. The molecule has 0 bridgehead atoms. The molecule has 7 nitrogen and oxygen atoms in total. The van der Waals surface area contributed by atoms with Gasteiger partial charge >= 0.3 is 6.09 Å². The second kappa shape index (κ2) is 7.94. The molecule has 0 saturated carbocycles. The first-order chi connectivity index (χ1) is 14.0. The van der Waals surface area contributed by atoms with Gasteiger partial charge in [0.1, 0.15) is 17.2 Å².